The molecule has 1 aromatic heterocycles. The van der Waals surface area contributed by atoms with Crippen LogP contribution >= 0.6 is 15.9 Å². The summed E-state index contributed by atoms with van der Waals surface area (Å²) in [6, 6.07) is 1.45. The number of ether oxygens (including phenoxy) is 1. The Kier molecular flexibility index (Phi) is 4.06. The normalized spacial score (nSPS) is 19.3. The summed E-state index contributed by atoms with van der Waals surface area (Å²) in [7, 11) is 0. The van der Waals surface area contributed by atoms with Crippen molar-refractivity contribution in [2.45, 2.75) is 12.5 Å². The number of hydrogen-bond donors (Lipinski definition) is 1. The second-order valence-corrected chi connectivity index (χ2v) is 4.34. The third kappa shape index (κ3) is 2.81. The lowest BCUT2D eigenvalue weighted by Crippen LogP contribution is -2.21. The minimum Gasteiger partial charge on any atom is -0.379 e. The smallest absolute Gasteiger partial charge is 0.176 e. The van der Waals surface area contributed by atoms with Gasteiger partial charge < -0.3 is 10.1 Å². The summed E-state index contributed by atoms with van der Waals surface area (Å²) in [4.78, 5) is 15.4. The Balaban J connectivity index is 2.19. The molecule has 1 N–H and O–H groups in total. The summed E-state index contributed by atoms with van der Waals surface area (Å²) < 4.78 is 19.1. The molecule has 0 amide bonds. The molecule has 4 nitrogen and oxygen atoms in total. The van der Waals surface area contributed by atoms with E-state index in [1.54, 1.807) is 0 Å². The van der Waals surface area contributed by atoms with E-state index >= 15 is 0 Å². The Morgan fingerprint density at radius 3 is 3.18 bits per heavy atom. The van der Waals surface area contributed by atoms with Crippen LogP contribution < -0.4 is 5.32 Å². The number of rotatable bonds is 4. The quantitative estimate of drug-likeness (QED) is 0.683. The van der Waals surface area contributed by atoms with Gasteiger partial charge in [-0.2, -0.15) is 0 Å². The molecule has 0 bridgehead atoms. The van der Waals surface area contributed by atoms with Crippen LogP contribution in [0.1, 0.15) is 16.8 Å². The van der Waals surface area contributed by atoms with Crippen LogP contribution in [0.15, 0.2) is 12.3 Å². The monoisotopic (exact) mass is 302 g/mol. The first kappa shape index (κ1) is 12.4. The molecule has 0 aliphatic carbocycles. The van der Waals surface area contributed by atoms with E-state index < -0.39 is 5.82 Å². The molecule has 1 unspecified atom stereocenters. The average Bonchev–Trinajstić information content (AvgIpc) is 2.84. The fraction of sp³-hybridized carbons (Fsp3) is 0.455. The van der Waals surface area contributed by atoms with Gasteiger partial charge >= 0.3 is 0 Å². The molecule has 0 saturated carbocycles. The van der Waals surface area contributed by atoms with Gasteiger partial charge in [0, 0.05) is 12.8 Å². The van der Waals surface area contributed by atoms with Crippen LogP contribution in [0.4, 0.5) is 10.2 Å². The summed E-state index contributed by atoms with van der Waals surface area (Å²) in [5, 5.41) is 3.05. The highest BCUT2D eigenvalue weighted by Crippen LogP contribution is 2.19. The Morgan fingerprint density at radius 1 is 1.71 bits per heavy atom. The average molecular weight is 303 g/mol. The van der Waals surface area contributed by atoms with Crippen LogP contribution in [-0.2, 0) is 4.74 Å². The van der Waals surface area contributed by atoms with Crippen molar-refractivity contribution in [1.29, 1.82) is 0 Å². The van der Waals surface area contributed by atoms with E-state index in [9.17, 15) is 9.18 Å². The van der Waals surface area contributed by atoms with Crippen LogP contribution in [0.5, 0.6) is 0 Å². The zero-order valence-corrected chi connectivity index (χ0v) is 10.7. The van der Waals surface area contributed by atoms with Gasteiger partial charge in [0.15, 0.2) is 17.4 Å². The Hall–Kier alpha value is -1.01. The SMILES string of the molecule is O=C(CBr)c1ccnc(NC2CCOC2)c1F. The Labute approximate surface area is 107 Å². The number of halogens is 2. The zero-order valence-electron chi connectivity index (χ0n) is 9.08. The van der Waals surface area contributed by atoms with Crippen molar-refractivity contribution in [3.8, 4) is 0 Å². The predicted octanol–water partition coefficient (Wildman–Crippen LogP) is 2.00. The van der Waals surface area contributed by atoms with Gasteiger partial charge in [-0.1, -0.05) is 15.9 Å². The van der Waals surface area contributed by atoms with Crippen molar-refractivity contribution in [1.82, 2.24) is 4.98 Å². The van der Waals surface area contributed by atoms with E-state index in [1.807, 2.05) is 0 Å². The van der Waals surface area contributed by atoms with Gasteiger partial charge in [-0.05, 0) is 12.5 Å². The molecule has 6 heteroatoms. The number of carbonyl (C=O) groups excluding carboxylic acids is 1. The summed E-state index contributed by atoms with van der Waals surface area (Å²) in [6.07, 6.45) is 2.24. The second kappa shape index (κ2) is 5.55. The maximum atomic E-state index is 14.0. The molecule has 0 spiro atoms. The van der Waals surface area contributed by atoms with Crippen molar-refractivity contribution < 1.29 is 13.9 Å². The molecule has 2 heterocycles. The van der Waals surface area contributed by atoms with E-state index in [-0.39, 0.29) is 28.5 Å². The van der Waals surface area contributed by atoms with E-state index in [2.05, 4.69) is 26.2 Å². The zero-order chi connectivity index (χ0) is 12.3. The van der Waals surface area contributed by atoms with Gasteiger partial charge in [0.1, 0.15) is 0 Å². The Bertz CT molecular complexity index is 422. The van der Waals surface area contributed by atoms with Crippen LogP contribution in [0.3, 0.4) is 0 Å². The van der Waals surface area contributed by atoms with Crippen molar-refractivity contribution in [3.05, 3.63) is 23.6 Å². The van der Waals surface area contributed by atoms with E-state index in [0.29, 0.717) is 13.2 Å². The molecular formula is C11H12BrFN2O2. The number of hydrogen-bond acceptors (Lipinski definition) is 4. The lowest BCUT2D eigenvalue weighted by molar-refractivity contribution is 0.102. The van der Waals surface area contributed by atoms with E-state index in [0.717, 1.165) is 6.42 Å². The number of pyridine rings is 1. The summed E-state index contributed by atoms with van der Waals surface area (Å²) in [5.41, 5.74) is 0.0540. The lowest BCUT2D eigenvalue weighted by atomic mass is 10.1. The molecule has 1 fully saturated rings. The molecule has 1 aliphatic rings. The summed E-state index contributed by atoms with van der Waals surface area (Å²) >= 11 is 3.02. The number of Topliss-reactive ketones (excluding diaryl/α,β-unsaturated/α-hetero) is 1. The molecule has 1 saturated heterocycles. The first-order chi connectivity index (χ1) is 8.22. The van der Waals surface area contributed by atoms with Crippen molar-refractivity contribution in [3.63, 3.8) is 0 Å². The van der Waals surface area contributed by atoms with Crippen molar-refractivity contribution in [2.75, 3.05) is 23.9 Å². The molecule has 17 heavy (non-hydrogen) atoms. The molecule has 1 aromatic rings. The maximum Gasteiger partial charge on any atom is 0.176 e. The number of nitrogens with one attached hydrogen (secondary N) is 1. The minimum atomic E-state index is -0.594. The van der Waals surface area contributed by atoms with Gasteiger partial charge in [-0.25, -0.2) is 9.37 Å². The topological polar surface area (TPSA) is 51.2 Å². The fourth-order valence-electron chi connectivity index (χ4n) is 1.67. The van der Waals surface area contributed by atoms with Gasteiger partial charge in [0.25, 0.3) is 0 Å². The van der Waals surface area contributed by atoms with E-state index in [1.165, 1.54) is 12.3 Å². The number of aromatic nitrogens is 1. The first-order valence-corrected chi connectivity index (χ1v) is 6.42. The fourth-order valence-corrected chi connectivity index (χ4v) is 1.98. The van der Waals surface area contributed by atoms with Gasteiger partial charge in [-0.15, -0.1) is 0 Å². The summed E-state index contributed by atoms with van der Waals surface area (Å²) in [6.45, 7) is 1.21. The number of nitrogens with zero attached hydrogens (tertiary/aromatic N) is 1. The standard InChI is InChI=1S/C11H12BrFN2O2/c12-5-9(16)8-1-3-14-11(10(8)13)15-7-2-4-17-6-7/h1,3,7H,2,4-6H2,(H,14,15). The number of alkyl halides is 1. The van der Waals surface area contributed by atoms with Crippen LogP contribution in [0, 0.1) is 5.82 Å². The number of carbonyl (C=O) groups is 1. The maximum absolute atomic E-state index is 14.0. The highest BCUT2D eigenvalue weighted by molar-refractivity contribution is 9.09. The lowest BCUT2D eigenvalue weighted by Gasteiger charge is -2.12. The van der Waals surface area contributed by atoms with Crippen LogP contribution in [-0.4, -0.2) is 35.4 Å². The predicted molar refractivity (Wildman–Crippen MR) is 65.2 cm³/mol. The minimum absolute atomic E-state index is 0.0540. The molecule has 1 atom stereocenters. The third-order valence-electron chi connectivity index (χ3n) is 2.58. The van der Waals surface area contributed by atoms with E-state index in [4.69, 9.17) is 4.74 Å². The van der Waals surface area contributed by atoms with Crippen LogP contribution in [0.25, 0.3) is 0 Å². The van der Waals surface area contributed by atoms with Crippen molar-refractivity contribution >= 4 is 27.5 Å². The van der Waals surface area contributed by atoms with Gasteiger partial charge in [0.05, 0.1) is 23.5 Å². The molecule has 0 aromatic carbocycles. The number of ketones is 1. The molecular weight excluding hydrogens is 291 g/mol. The highest BCUT2D eigenvalue weighted by atomic mass is 79.9. The highest BCUT2D eigenvalue weighted by Gasteiger charge is 2.20. The largest absolute Gasteiger partial charge is 0.379 e. The van der Waals surface area contributed by atoms with Gasteiger partial charge in [0.2, 0.25) is 0 Å². The van der Waals surface area contributed by atoms with Crippen molar-refractivity contribution in [2.24, 2.45) is 0 Å². The number of anilines is 1. The van der Waals surface area contributed by atoms with Gasteiger partial charge in [-0.3, -0.25) is 4.79 Å². The molecule has 2 rings (SSSR count). The molecule has 1 aliphatic heterocycles. The third-order valence-corrected chi connectivity index (χ3v) is 3.09. The second-order valence-electron chi connectivity index (χ2n) is 3.78. The Morgan fingerprint density at radius 2 is 2.53 bits per heavy atom. The van der Waals surface area contributed by atoms with Crippen LogP contribution in [0.2, 0.25) is 0 Å². The molecule has 92 valence electrons. The first-order valence-electron chi connectivity index (χ1n) is 5.30. The molecule has 0 radical (unpaired) electrons. The summed E-state index contributed by atoms with van der Waals surface area (Å²) in [5.74, 6) is -0.772.